The summed E-state index contributed by atoms with van der Waals surface area (Å²) in [6.07, 6.45) is 0. The van der Waals surface area contributed by atoms with E-state index in [1.54, 1.807) is 24.3 Å². The van der Waals surface area contributed by atoms with Crippen molar-refractivity contribution in [2.45, 2.75) is 40.8 Å². The molecule has 0 spiro atoms. The number of fused-ring (bicyclic) bond motifs is 5. The number of hydrogen-bond acceptors (Lipinski definition) is 4. The Morgan fingerprint density at radius 1 is 0.571 bits per heavy atom. The van der Waals surface area contributed by atoms with Crippen LogP contribution in [0.2, 0.25) is 0 Å². The number of hydrogen-bond donors (Lipinski definition) is 0. The Bertz CT molecular complexity index is 1330. The fraction of sp³-hybridized carbons (Fsp3) is 0.364. The van der Waals surface area contributed by atoms with Crippen LogP contribution in [0.15, 0.2) is 43.4 Å². The third-order valence-electron chi connectivity index (χ3n) is 5.17. The highest BCUT2D eigenvalue weighted by atomic mass is 16.2. The Kier molecular flexibility index (Phi) is 4.10. The van der Waals surface area contributed by atoms with Crippen LogP contribution in [0.5, 0.6) is 0 Å². The lowest BCUT2D eigenvalue weighted by atomic mass is 10.0. The number of rotatable bonds is 4. The molecule has 2 heterocycles. The SMILES string of the molecule is CC(C)Cn1c(=O)c2ccc3c(ccc4c(=O)n(CC(C)C)c(=O)c43)c2c1=O. The molecular weight excluding hydrogens is 356 g/mol. The zero-order valence-electron chi connectivity index (χ0n) is 16.4. The molecule has 0 radical (unpaired) electrons. The summed E-state index contributed by atoms with van der Waals surface area (Å²) >= 11 is 0. The van der Waals surface area contributed by atoms with E-state index >= 15 is 0 Å². The largest absolute Gasteiger partial charge is 0.274 e. The maximum absolute atomic E-state index is 13.0. The Balaban J connectivity index is 2.15. The molecule has 0 fully saturated rings. The van der Waals surface area contributed by atoms with Crippen LogP contribution >= 0.6 is 0 Å². The van der Waals surface area contributed by atoms with E-state index in [1.807, 2.05) is 27.7 Å². The van der Waals surface area contributed by atoms with Crippen molar-refractivity contribution in [1.29, 1.82) is 0 Å². The minimum atomic E-state index is -0.338. The molecule has 0 N–H and O–H groups in total. The van der Waals surface area contributed by atoms with E-state index in [1.165, 1.54) is 9.13 Å². The van der Waals surface area contributed by atoms with Crippen LogP contribution in [-0.4, -0.2) is 9.13 Å². The smallest absolute Gasteiger partial charge is 0.262 e. The molecule has 4 aromatic rings. The van der Waals surface area contributed by atoms with Crippen LogP contribution in [0.25, 0.3) is 32.3 Å². The van der Waals surface area contributed by atoms with Crippen LogP contribution in [-0.2, 0) is 13.1 Å². The summed E-state index contributed by atoms with van der Waals surface area (Å²) in [5.41, 5.74) is -1.29. The second kappa shape index (κ2) is 6.26. The van der Waals surface area contributed by atoms with Crippen LogP contribution in [0.3, 0.4) is 0 Å². The molecule has 6 nitrogen and oxygen atoms in total. The van der Waals surface area contributed by atoms with Crippen molar-refractivity contribution in [3.63, 3.8) is 0 Å². The van der Waals surface area contributed by atoms with Gasteiger partial charge in [-0.05, 0) is 34.7 Å². The summed E-state index contributed by atoms with van der Waals surface area (Å²) in [6, 6.07) is 6.56. The van der Waals surface area contributed by atoms with Gasteiger partial charge in [-0.1, -0.05) is 39.8 Å². The molecule has 0 saturated carbocycles. The van der Waals surface area contributed by atoms with E-state index in [9.17, 15) is 19.2 Å². The van der Waals surface area contributed by atoms with Crippen molar-refractivity contribution in [2.75, 3.05) is 0 Å². The highest BCUT2D eigenvalue weighted by Gasteiger charge is 2.20. The summed E-state index contributed by atoms with van der Waals surface area (Å²) in [4.78, 5) is 51.3. The quantitative estimate of drug-likeness (QED) is 0.546. The van der Waals surface area contributed by atoms with Crippen LogP contribution in [0, 0.1) is 11.8 Å². The predicted octanol–water partition coefficient (Wildman–Crippen LogP) is 2.38. The van der Waals surface area contributed by atoms with Gasteiger partial charge in [-0.2, -0.15) is 0 Å². The van der Waals surface area contributed by atoms with Gasteiger partial charge in [0.1, 0.15) is 0 Å². The van der Waals surface area contributed by atoms with Gasteiger partial charge in [0.2, 0.25) is 0 Å². The van der Waals surface area contributed by atoms with E-state index in [2.05, 4.69) is 0 Å². The number of benzene rings is 2. The second-order valence-corrected chi connectivity index (χ2v) is 8.30. The van der Waals surface area contributed by atoms with E-state index in [0.717, 1.165) is 0 Å². The molecule has 144 valence electrons. The van der Waals surface area contributed by atoms with E-state index in [-0.39, 0.29) is 34.1 Å². The maximum atomic E-state index is 13.0. The lowest BCUT2D eigenvalue weighted by molar-refractivity contribution is 0.508. The number of nitrogens with zero attached hydrogens (tertiary/aromatic N) is 2. The fourth-order valence-electron chi connectivity index (χ4n) is 4.03. The highest BCUT2D eigenvalue weighted by molar-refractivity contribution is 6.16. The maximum Gasteiger partial charge on any atom is 0.262 e. The van der Waals surface area contributed by atoms with Gasteiger partial charge in [-0.3, -0.25) is 28.3 Å². The van der Waals surface area contributed by atoms with Gasteiger partial charge in [-0.15, -0.1) is 0 Å². The minimum Gasteiger partial charge on any atom is -0.274 e. The molecule has 2 aromatic carbocycles. The average Bonchev–Trinajstić information content (AvgIpc) is 3.02. The van der Waals surface area contributed by atoms with E-state index in [4.69, 9.17) is 0 Å². The molecule has 0 saturated heterocycles. The molecule has 4 rings (SSSR count). The van der Waals surface area contributed by atoms with Crippen molar-refractivity contribution in [3.05, 3.63) is 65.7 Å². The van der Waals surface area contributed by atoms with Crippen molar-refractivity contribution in [2.24, 2.45) is 11.8 Å². The molecule has 0 unspecified atom stereocenters. The molecule has 0 aliphatic rings. The zero-order valence-corrected chi connectivity index (χ0v) is 16.4. The minimum absolute atomic E-state index is 0.154. The molecule has 28 heavy (non-hydrogen) atoms. The average molecular weight is 378 g/mol. The molecule has 0 aliphatic carbocycles. The Hall–Kier alpha value is -3.02. The third-order valence-corrected chi connectivity index (χ3v) is 5.17. The van der Waals surface area contributed by atoms with Gasteiger partial charge in [0.05, 0.1) is 21.5 Å². The predicted molar refractivity (Wildman–Crippen MR) is 112 cm³/mol. The highest BCUT2D eigenvalue weighted by Crippen LogP contribution is 2.26. The number of aromatic nitrogens is 2. The first kappa shape index (κ1) is 18.3. The second-order valence-electron chi connectivity index (χ2n) is 8.30. The van der Waals surface area contributed by atoms with Gasteiger partial charge in [0, 0.05) is 13.1 Å². The Labute approximate surface area is 160 Å². The van der Waals surface area contributed by atoms with Crippen molar-refractivity contribution in [3.8, 4) is 0 Å². The van der Waals surface area contributed by atoms with Gasteiger partial charge in [0.15, 0.2) is 0 Å². The van der Waals surface area contributed by atoms with Crippen molar-refractivity contribution < 1.29 is 0 Å². The van der Waals surface area contributed by atoms with Crippen molar-refractivity contribution >= 4 is 32.3 Å². The molecule has 0 atom stereocenters. The molecule has 0 bridgehead atoms. The van der Waals surface area contributed by atoms with Crippen LogP contribution in [0.1, 0.15) is 27.7 Å². The monoisotopic (exact) mass is 378 g/mol. The zero-order chi connectivity index (χ0) is 20.3. The Morgan fingerprint density at radius 3 is 1.21 bits per heavy atom. The topological polar surface area (TPSA) is 78.1 Å². The third kappa shape index (κ3) is 2.47. The summed E-state index contributed by atoms with van der Waals surface area (Å²) in [5.74, 6) is 0.308. The lowest BCUT2D eigenvalue weighted by Gasteiger charge is -2.03. The summed E-state index contributed by atoms with van der Waals surface area (Å²) in [5, 5.41) is 2.46. The van der Waals surface area contributed by atoms with Gasteiger partial charge in [0.25, 0.3) is 22.2 Å². The first-order chi connectivity index (χ1) is 13.2. The molecule has 0 aliphatic heterocycles. The van der Waals surface area contributed by atoms with Crippen LogP contribution < -0.4 is 22.2 Å². The summed E-state index contributed by atoms with van der Waals surface area (Å²) in [7, 11) is 0. The molecule has 0 amide bonds. The molecule has 2 aromatic heterocycles. The van der Waals surface area contributed by atoms with Gasteiger partial charge < -0.3 is 0 Å². The Morgan fingerprint density at radius 2 is 0.893 bits per heavy atom. The molecule has 6 heteroatoms. The van der Waals surface area contributed by atoms with Crippen molar-refractivity contribution in [1.82, 2.24) is 9.13 Å². The van der Waals surface area contributed by atoms with Gasteiger partial charge >= 0.3 is 0 Å². The standard InChI is InChI=1S/C22H22N2O4/c1-11(2)9-23-19(25)15-7-5-14-13(17(15)21(23)27)6-8-16-18(14)22(28)24(20(16)26)10-12(3)4/h5-8,11-12H,9-10H2,1-4H3. The summed E-state index contributed by atoms with van der Waals surface area (Å²) < 4.78 is 2.53. The lowest BCUT2D eigenvalue weighted by Crippen LogP contribution is -2.27. The van der Waals surface area contributed by atoms with Crippen LogP contribution in [0.4, 0.5) is 0 Å². The summed E-state index contributed by atoms with van der Waals surface area (Å²) in [6.45, 7) is 8.48. The van der Waals surface area contributed by atoms with E-state index < -0.39 is 0 Å². The first-order valence-corrected chi connectivity index (χ1v) is 9.54. The normalized spacial score (nSPS) is 12.4. The van der Waals surface area contributed by atoms with E-state index in [0.29, 0.717) is 45.4 Å². The fourth-order valence-corrected chi connectivity index (χ4v) is 4.03. The van der Waals surface area contributed by atoms with Gasteiger partial charge in [-0.25, -0.2) is 0 Å². The first-order valence-electron chi connectivity index (χ1n) is 9.54. The molecular formula is C22H22N2O4.